The molecule has 4 heteroatoms. The Hall–Kier alpha value is -2.23. The zero-order valence-corrected chi connectivity index (χ0v) is 7.79. The molecule has 0 atom stereocenters. The van der Waals surface area contributed by atoms with Crippen LogP contribution in [0.5, 0.6) is 5.75 Å². The van der Waals surface area contributed by atoms with Gasteiger partial charge < -0.3 is 5.11 Å². The van der Waals surface area contributed by atoms with Crippen LogP contribution >= 0.6 is 0 Å². The summed E-state index contributed by atoms with van der Waals surface area (Å²) in [5, 5.41) is 9.11. The van der Waals surface area contributed by atoms with Crippen LogP contribution in [0.3, 0.4) is 0 Å². The number of nitrogens with zero attached hydrogens (tertiary/aromatic N) is 2. The molecule has 0 aliphatic carbocycles. The van der Waals surface area contributed by atoms with Gasteiger partial charge in [0, 0.05) is 11.8 Å². The van der Waals surface area contributed by atoms with Crippen molar-refractivity contribution in [3.8, 4) is 17.1 Å². The fraction of sp³-hybridized carbons (Fsp3) is 0. The molecule has 74 valence electrons. The standard InChI is InChI=1S/C11H8N2O2/c14-7-9-5-6-12-11(13-9)8-1-3-10(15)4-2-8/h1-7,15H. The van der Waals surface area contributed by atoms with Gasteiger partial charge >= 0.3 is 0 Å². The topological polar surface area (TPSA) is 63.1 Å². The first-order chi connectivity index (χ1) is 7.29. The Labute approximate surface area is 86.2 Å². The molecule has 1 heterocycles. The summed E-state index contributed by atoms with van der Waals surface area (Å²) in [5.41, 5.74) is 1.10. The molecule has 15 heavy (non-hydrogen) atoms. The lowest BCUT2D eigenvalue weighted by Crippen LogP contribution is -1.92. The Bertz CT molecular complexity index is 480. The van der Waals surface area contributed by atoms with Gasteiger partial charge in [0.05, 0.1) is 0 Å². The van der Waals surface area contributed by atoms with Crippen LogP contribution in [0.15, 0.2) is 36.5 Å². The molecule has 0 fully saturated rings. The van der Waals surface area contributed by atoms with Gasteiger partial charge in [0.25, 0.3) is 0 Å². The van der Waals surface area contributed by atoms with Crippen LogP contribution in [-0.4, -0.2) is 21.4 Å². The predicted molar refractivity (Wildman–Crippen MR) is 54.5 cm³/mol. The Morgan fingerprint density at radius 3 is 2.53 bits per heavy atom. The van der Waals surface area contributed by atoms with E-state index in [0.29, 0.717) is 17.8 Å². The van der Waals surface area contributed by atoms with E-state index in [1.807, 2.05) is 0 Å². The Morgan fingerprint density at radius 2 is 1.87 bits per heavy atom. The van der Waals surface area contributed by atoms with E-state index >= 15 is 0 Å². The van der Waals surface area contributed by atoms with Crippen LogP contribution in [0.2, 0.25) is 0 Å². The van der Waals surface area contributed by atoms with Crippen molar-refractivity contribution in [2.75, 3.05) is 0 Å². The fourth-order valence-corrected chi connectivity index (χ4v) is 1.19. The molecule has 1 aromatic heterocycles. The summed E-state index contributed by atoms with van der Waals surface area (Å²) in [7, 11) is 0. The summed E-state index contributed by atoms with van der Waals surface area (Å²) in [5.74, 6) is 0.657. The molecule has 0 unspecified atom stereocenters. The zero-order valence-electron chi connectivity index (χ0n) is 7.79. The van der Waals surface area contributed by atoms with Crippen molar-refractivity contribution < 1.29 is 9.90 Å². The van der Waals surface area contributed by atoms with Gasteiger partial charge in [0.1, 0.15) is 11.4 Å². The number of benzene rings is 1. The van der Waals surface area contributed by atoms with Gasteiger partial charge in [-0.25, -0.2) is 9.97 Å². The van der Waals surface area contributed by atoms with Gasteiger partial charge in [-0.2, -0.15) is 0 Å². The number of carbonyl (C=O) groups excluding carboxylic acids is 1. The third-order valence-electron chi connectivity index (χ3n) is 1.92. The van der Waals surface area contributed by atoms with Crippen LogP contribution < -0.4 is 0 Å². The van der Waals surface area contributed by atoms with E-state index in [4.69, 9.17) is 5.11 Å². The van der Waals surface area contributed by atoms with E-state index in [-0.39, 0.29) is 5.75 Å². The fourth-order valence-electron chi connectivity index (χ4n) is 1.19. The van der Waals surface area contributed by atoms with Crippen molar-refractivity contribution in [2.45, 2.75) is 0 Å². The minimum Gasteiger partial charge on any atom is -0.508 e. The third-order valence-corrected chi connectivity index (χ3v) is 1.92. The SMILES string of the molecule is O=Cc1ccnc(-c2ccc(O)cc2)n1. The van der Waals surface area contributed by atoms with Crippen LogP contribution in [0.4, 0.5) is 0 Å². The quantitative estimate of drug-likeness (QED) is 0.749. The maximum Gasteiger partial charge on any atom is 0.168 e. The van der Waals surface area contributed by atoms with Gasteiger partial charge in [0.15, 0.2) is 12.1 Å². The van der Waals surface area contributed by atoms with Crippen molar-refractivity contribution in [2.24, 2.45) is 0 Å². The first-order valence-corrected chi connectivity index (χ1v) is 4.37. The third kappa shape index (κ3) is 1.99. The molecule has 0 aliphatic rings. The first-order valence-electron chi connectivity index (χ1n) is 4.37. The lowest BCUT2D eigenvalue weighted by atomic mass is 10.2. The number of phenols is 1. The monoisotopic (exact) mass is 200 g/mol. The molecule has 0 radical (unpaired) electrons. The second kappa shape index (κ2) is 3.88. The normalized spacial score (nSPS) is 9.87. The molecule has 0 aliphatic heterocycles. The molecule has 0 bridgehead atoms. The second-order valence-corrected chi connectivity index (χ2v) is 2.97. The van der Waals surface area contributed by atoms with Crippen molar-refractivity contribution in [1.82, 2.24) is 9.97 Å². The molecule has 0 saturated carbocycles. The van der Waals surface area contributed by atoms with E-state index in [1.165, 1.54) is 12.3 Å². The second-order valence-electron chi connectivity index (χ2n) is 2.97. The molecule has 0 saturated heterocycles. The highest BCUT2D eigenvalue weighted by Crippen LogP contribution is 2.17. The summed E-state index contributed by atoms with van der Waals surface area (Å²) in [4.78, 5) is 18.6. The van der Waals surface area contributed by atoms with Gasteiger partial charge in [0.2, 0.25) is 0 Å². The minimum absolute atomic E-state index is 0.185. The van der Waals surface area contributed by atoms with E-state index in [2.05, 4.69) is 9.97 Å². The molecule has 2 aromatic rings. The molecule has 1 N–H and O–H groups in total. The van der Waals surface area contributed by atoms with Gasteiger partial charge in [-0.05, 0) is 30.3 Å². The smallest absolute Gasteiger partial charge is 0.168 e. The Kier molecular flexibility index (Phi) is 2.41. The summed E-state index contributed by atoms with van der Waals surface area (Å²) < 4.78 is 0. The number of aldehydes is 1. The lowest BCUT2D eigenvalue weighted by molar-refractivity contribution is 0.111. The van der Waals surface area contributed by atoms with Crippen molar-refractivity contribution in [3.05, 3.63) is 42.2 Å². The first kappa shape index (κ1) is 9.33. The molecular weight excluding hydrogens is 192 g/mol. The summed E-state index contributed by atoms with van der Waals surface area (Å²) in [6.45, 7) is 0. The van der Waals surface area contributed by atoms with E-state index in [0.717, 1.165) is 5.56 Å². The highest BCUT2D eigenvalue weighted by molar-refractivity contribution is 5.72. The Balaban J connectivity index is 2.44. The zero-order chi connectivity index (χ0) is 10.7. The summed E-state index contributed by atoms with van der Waals surface area (Å²) in [6.07, 6.45) is 2.20. The number of phenolic OH excluding ortho intramolecular Hbond substituents is 1. The number of carbonyl (C=O) groups is 1. The largest absolute Gasteiger partial charge is 0.508 e. The van der Waals surface area contributed by atoms with E-state index in [1.54, 1.807) is 24.3 Å². The van der Waals surface area contributed by atoms with Gasteiger partial charge in [-0.15, -0.1) is 0 Å². The summed E-state index contributed by atoms with van der Waals surface area (Å²) in [6, 6.07) is 8.02. The molecule has 0 spiro atoms. The highest BCUT2D eigenvalue weighted by atomic mass is 16.3. The molecule has 0 amide bonds. The van der Waals surface area contributed by atoms with E-state index < -0.39 is 0 Å². The van der Waals surface area contributed by atoms with Crippen molar-refractivity contribution in [3.63, 3.8) is 0 Å². The number of hydrogen-bond donors (Lipinski definition) is 1. The lowest BCUT2D eigenvalue weighted by Gasteiger charge is -1.99. The number of rotatable bonds is 2. The van der Waals surface area contributed by atoms with Gasteiger partial charge in [-0.1, -0.05) is 0 Å². The molecular formula is C11H8N2O2. The molecule has 4 nitrogen and oxygen atoms in total. The minimum atomic E-state index is 0.185. The maximum absolute atomic E-state index is 10.5. The number of aromatic nitrogens is 2. The van der Waals surface area contributed by atoms with Crippen molar-refractivity contribution in [1.29, 1.82) is 0 Å². The van der Waals surface area contributed by atoms with Crippen molar-refractivity contribution >= 4 is 6.29 Å². The van der Waals surface area contributed by atoms with Crippen LogP contribution in [0.25, 0.3) is 11.4 Å². The average molecular weight is 200 g/mol. The number of aromatic hydroxyl groups is 1. The number of hydrogen-bond acceptors (Lipinski definition) is 4. The highest BCUT2D eigenvalue weighted by Gasteiger charge is 2.01. The van der Waals surface area contributed by atoms with Crippen LogP contribution in [0.1, 0.15) is 10.5 Å². The van der Waals surface area contributed by atoms with Crippen LogP contribution in [0, 0.1) is 0 Å². The van der Waals surface area contributed by atoms with E-state index in [9.17, 15) is 4.79 Å². The molecule has 2 rings (SSSR count). The summed E-state index contributed by atoms with van der Waals surface area (Å²) >= 11 is 0. The molecule has 1 aromatic carbocycles. The maximum atomic E-state index is 10.5. The van der Waals surface area contributed by atoms with Gasteiger partial charge in [-0.3, -0.25) is 4.79 Å². The van der Waals surface area contributed by atoms with Crippen LogP contribution in [-0.2, 0) is 0 Å². The average Bonchev–Trinajstić information content (AvgIpc) is 2.30. The predicted octanol–water partition coefficient (Wildman–Crippen LogP) is 1.66. The Morgan fingerprint density at radius 1 is 1.13 bits per heavy atom.